The van der Waals surface area contributed by atoms with E-state index in [1.165, 1.54) is 70.6 Å². The van der Waals surface area contributed by atoms with Gasteiger partial charge in [0.25, 0.3) is 0 Å². The van der Waals surface area contributed by atoms with E-state index >= 15 is 0 Å². The molecule has 0 aromatic rings. The van der Waals surface area contributed by atoms with Crippen molar-refractivity contribution in [2.45, 2.75) is 97.8 Å². The van der Waals surface area contributed by atoms with Crippen molar-refractivity contribution in [3.63, 3.8) is 0 Å². The Morgan fingerprint density at radius 3 is 1.72 bits per heavy atom. The standard InChI is InChI=1S/C18H37/c1-5-7-8-9-10-11-12-13-14-18(4)16-15-17(3)6-2/h17-18H,2,5-16H2,1,3-4H3. The molecule has 0 aromatic heterocycles. The van der Waals surface area contributed by atoms with Crippen molar-refractivity contribution in [1.82, 2.24) is 0 Å². The van der Waals surface area contributed by atoms with Crippen LogP contribution in [0, 0.1) is 18.8 Å². The Labute approximate surface area is 117 Å². The van der Waals surface area contributed by atoms with Crippen LogP contribution in [-0.2, 0) is 0 Å². The summed E-state index contributed by atoms with van der Waals surface area (Å²) in [5, 5.41) is 0. The molecule has 0 bridgehead atoms. The minimum absolute atomic E-state index is 0.825. The van der Waals surface area contributed by atoms with Gasteiger partial charge in [-0.15, -0.1) is 0 Å². The fourth-order valence-corrected chi connectivity index (χ4v) is 2.48. The minimum atomic E-state index is 0.825. The lowest BCUT2D eigenvalue weighted by Gasteiger charge is -2.14. The Morgan fingerprint density at radius 2 is 1.17 bits per heavy atom. The molecule has 0 nitrogen and oxygen atoms in total. The molecule has 2 unspecified atom stereocenters. The molecule has 0 spiro atoms. The highest BCUT2D eigenvalue weighted by molar-refractivity contribution is 4.60. The smallest absolute Gasteiger partial charge is 0.0443 e. The number of unbranched alkanes of at least 4 members (excludes halogenated alkanes) is 7. The van der Waals surface area contributed by atoms with E-state index in [1.54, 1.807) is 0 Å². The molecule has 2 atom stereocenters. The average molecular weight is 253 g/mol. The summed E-state index contributed by atoms with van der Waals surface area (Å²) in [5.74, 6) is 1.75. The van der Waals surface area contributed by atoms with Crippen molar-refractivity contribution in [2.24, 2.45) is 11.8 Å². The number of hydrogen-bond donors (Lipinski definition) is 0. The summed E-state index contributed by atoms with van der Waals surface area (Å²) in [7, 11) is 0. The molecule has 1 radical (unpaired) electrons. The Kier molecular flexibility index (Phi) is 13.4. The van der Waals surface area contributed by atoms with Gasteiger partial charge < -0.3 is 0 Å². The maximum Gasteiger partial charge on any atom is -0.0443 e. The molecular formula is C18H37. The van der Waals surface area contributed by atoms with Crippen LogP contribution in [0.4, 0.5) is 0 Å². The average Bonchev–Trinajstić information content (AvgIpc) is 2.39. The van der Waals surface area contributed by atoms with E-state index < -0.39 is 0 Å². The Morgan fingerprint density at radius 1 is 0.667 bits per heavy atom. The zero-order valence-corrected chi connectivity index (χ0v) is 13.3. The SMILES string of the molecule is [CH2]CC(C)CCC(C)CCCCCCCCCC. The van der Waals surface area contributed by atoms with Crippen LogP contribution in [0.3, 0.4) is 0 Å². The third kappa shape index (κ3) is 12.5. The van der Waals surface area contributed by atoms with Gasteiger partial charge in [-0.05, 0) is 11.8 Å². The normalized spacial score (nSPS) is 14.7. The van der Waals surface area contributed by atoms with Gasteiger partial charge in [0.05, 0.1) is 0 Å². The van der Waals surface area contributed by atoms with Crippen LogP contribution in [-0.4, -0.2) is 0 Å². The van der Waals surface area contributed by atoms with Crippen LogP contribution in [0.15, 0.2) is 0 Å². The van der Waals surface area contributed by atoms with E-state index in [0.29, 0.717) is 0 Å². The van der Waals surface area contributed by atoms with Crippen LogP contribution < -0.4 is 0 Å². The summed E-state index contributed by atoms with van der Waals surface area (Å²) in [4.78, 5) is 0. The van der Waals surface area contributed by atoms with Crippen LogP contribution >= 0.6 is 0 Å². The molecule has 109 valence electrons. The van der Waals surface area contributed by atoms with Crippen molar-refractivity contribution in [2.75, 3.05) is 0 Å². The van der Waals surface area contributed by atoms with Crippen molar-refractivity contribution in [3.8, 4) is 0 Å². The van der Waals surface area contributed by atoms with Gasteiger partial charge in [0.15, 0.2) is 0 Å². The topological polar surface area (TPSA) is 0 Å². The molecule has 0 aliphatic heterocycles. The maximum atomic E-state index is 3.98. The molecule has 0 fully saturated rings. The monoisotopic (exact) mass is 253 g/mol. The van der Waals surface area contributed by atoms with Gasteiger partial charge in [-0.25, -0.2) is 0 Å². The lowest BCUT2D eigenvalue weighted by molar-refractivity contribution is 0.398. The fourth-order valence-electron chi connectivity index (χ4n) is 2.48. The zero-order valence-electron chi connectivity index (χ0n) is 13.3. The first-order valence-electron chi connectivity index (χ1n) is 8.49. The van der Waals surface area contributed by atoms with Gasteiger partial charge >= 0.3 is 0 Å². The van der Waals surface area contributed by atoms with Crippen LogP contribution in [0.2, 0.25) is 0 Å². The molecule has 0 saturated heterocycles. The molecule has 18 heavy (non-hydrogen) atoms. The van der Waals surface area contributed by atoms with E-state index in [1.807, 2.05) is 0 Å². The highest BCUT2D eigenvalue weighted by atomic mass is 14.1. The van der Waals surface area contributed by atoms with Gasteiger partial charge in [-0.3, -0.25) is 0 Å². The molecule has 0 rings (SSSR count). The first kappa shape index (κ1) is 18.0. The van der Waals surface area contributed by atoms with Gasteiger partial charge in [-0.2, -0.15) is 0 Å². The van der Waals surface area contributed by atoms with E-state index in [9.17, 15) is 0 Å². The van der Waals surface area contributed by atoms with Gasteiger partial charge in [0.2, 0.25) is 0 Å². The third-order valence-electron chi connectivity index (χ3n) is 4.20. The molecule has 0 heteroatoms. The second kappa shape index (κ2) is 13.4. The van der Waals surface area contributed by atoms with E-state index in [0.717, 1.165) is 18.3 Å². The van der Waals surface area contributed by atoms with Crippen LogP contribution in [0.5, 0.6) is 0 Å². The van der Waals surface area contributed by atoms with Crippen LogP contribution in [0.1, 0.15) is 97.8 Å². The van der Waals surface area contributed by atoms with E-state index in [4.69, 9.17) is 0 Å². The fraction of sp³-hybridized carbons (Fsp3) is 0.944. The lowest BCUT2D eigenvalue weighted by atomic mass is 9.92. The predicted molar refractivity (Wildman–Crippen MR) is 84.8 cm³/mol. The second-order valence-electron chi connectivity index (χ2n) is 6.34. The molecule has 0 saturated carbocycles. The maximum absolute atomic E-state index is 3.98. The summed E-state index contributed by atoms with van der Waals surface area (Å²) in [5.41, 5.74) is 0. The highest BCUT2D eigenvalue weighted by Crippen LogP contribution is 2.20. The highest BCUT2D eigenvalue weighted by Gasteiger charge is 2.05. The second-order valence-corrected chi connectivity index (χ2v) is 6.34. The van der Waals surface area contributed by atoms with Crippen molar-refractivity contribution in [3.05, 3.63) is 6.92 Å². The van der Waals surface area contributed by atoms with Gasteiger partial charge in [-0.1, -0.05) is 105 Å². The summed E-state index contributed by atoms with van der Waals surface area (Å²) >= 11 is 0. The van der Waals surface area contributed by atoms with Crippen molar-refractivity contribution >= 4 is 0 Å². The molecule has 0 aliphatic rings. The third-order valence-corrected chi connectivity index (χ3v) is 4.20. The van der Waals surface area contributed by atoms with Crippen molar-refractivity contribution in [1.29, 1.82) is 0 Å². The summed E-state index contributed by atoms with van der Waals surface area (Å²) < 4.78 is 0. The number of rotatable bonds is 13. The largest absolute Gasteiger partial charge is 0.0654 e. The molecule has 0 aromatic carbocycles. The molecule has 0 aliphatic carbocycles. The Bertz CT molecular complexity index is 150. The van der Waals surface area contributed by atoms with E-state index in [2.05, 4.69) is 27.7 Å². The first-order chi connectivity index (χ1) is 8.70. The molecule has 0 amide bonds. The Hall–Kier alpha value is 0. The predicted octanol–water partition coefficient (Wildman–Crippen LogP) is 6.79. The Balaban J connectivity index is 3.17. The summed E-state index contributed by atoms with van der Waals surface area (Å²) in [6.45, 7) is 11.0. The van der Waals surface area contributed by atoms with Crippen molar-refractivity contribution < 1.29 is 0 Å². The lowest BCUT2D eigenvalue weighted by Crippen LogP contribution is -1.99. The molecule has 0 heterocycles. The van der Waals surface area contributed by atoms with Gasteiger partial charge in [0.1, 0.15) is 0 Å². The quantitative estimate of drug-likeness (QED) is 0.317. The summed E-state index contributed by atoms with van der Waals surface area (Å²) in [6.07, 6.45) is 16.9. The van der Waals surface area contributed by atoms with Gasteiger partial charge in [0, 0.05) is 0 Å². The first-order valence-corrected chi connectivity index (χ1v) is 8.49. The summed E-state index contributed by atoms with van der Waals surface area (Å²) in [6, 6.07) is 0. The zero-order chi connectivity index (χ0) is 13.6. The molecular weight excluding hydrogens is 216 g/mol. The van der Waals surface area contributed by atoms with E-state index in [-0.39, 0.29) is 0 Å². The molecule has 0 N–H and O–H groups in total. The minimum Gasteiger partial charge on any atom is -0.0654 e. The van der Waals surface area contributed by atoms with Crippen LogP contribution in [0.25, 0.3) is 0 Å². The number of hydrogen-bond acceptors (Lipinski definition) is 0.